The lowest BCUT2D eigenvalue weighted by Gasteiger charge is -2.02. The van der Waals surface area contributed by atoms with Crippen LogP contribution in [0.4, 0.5) is 0 Å². The van der Waals surface area contributed by atoms with Gasteiger partial charge >= 0.3 is 0 Å². The van der Waals surface area contributed by atoms with Gasteiger partial charge in [0, 0.05) is 23.3 Å². The normalized spacial score (nSPS) is 50.8. The smallest absolute Gasteiger partial charge is 0.0950 e. The molecule has 0 bridgehead atoms. The van der Waals surface area contributed by atoms with E-state index in [0.717, 1.165) is 5.57 Å². The summed E-state index contributed by atoms with van der Waals surface area (Å²) in [4.78, 5) is 0. The molecule has 0 aromatic heterocycles. The van der Waals surface area contributed by atoms with Crippen molar-refractivity contribution in [1.82, 2.24) is 0 Å². The van der Waals surface area contributed by atoms with Gasteiger partial charge in [0.25, 0.3) is 0 Å². The fourth-order valence-corrected chi connectivity index (χ4v) is 2.73. The summed E-state index contributed by atoms with van der Waals surface area (Å²) in [6.45, 7) is 0. The van der Waals surface area contributed by atoms with Gasteiger partial charge in [0.15, 0.2) is 0 Å². The highest BCUT2D eigenvalue weighted by Gasteiger charge is 2.71. The van der Waals surface area contributed by atoms with E-state index in [1.807, 2.05) is 18.2 Å². The van der Waals surface area contributed by atoms with E-state index in [1.54, 1.807) is 0 Å². The first-order chi connectivity index (χ1) is 5.83. The SMILES string of the molecule is N#CC1=C[C@@H]2[C@@H]3[C@H]1C=C[C@]32C#N. The zero-order valence-electron chi connectivity index (χ0n) is 6.36. The van der Waals surface area contributed by atoms with Crippen molar-refractivity contribution in [2.24, 2.45) is 23.2 Å². The molecule has 0 aromatic rings. The second kappa shape index (κ2) is 1.47. The first-order valence-electron chi connectivity index (χ1n) is 4.06. The van der Waals surface area contributed by atoms with E-state index in [-0.39, 0.29) is 11.3 Å². The maximum atomic E-state index is 8.93. The van der Waals surface area contributed by atoms with Crippen LogP contribution in [-0.2, 0) is 0 Å². The maximum Gasteiger partial charge on any atom is 0.0950 e. The van der Waals surface area contributed by atoms with Gasteiger partial charge in [-0.05, 0) is 0 Å². The number of hydrogen-bond donors (Lipinski definition) is 0. The second-order valence-corrected chi connectivity index (χ2v) is 3.72. The minimum absolute atomic E-state index is 0.203. The van der Waals surface area contributed by atoms with Crippen molar-refractivity contribution in [1.29, 1.82) is 10.5 Å². The number of nitriles is 2. The van der Waals surface area contributed by atoms with Gasteiger partial charge in [-0.1, -0.05) is 18.2 Å². The van der Waals surface area contributed by atoms with Crippen LogP contribution in [0.25, 0.3) is 0 Å². The minimum Gasteiger partial charge on any atom is -0.197 e. The summed E-state index contributed by atoms with van der Waals surface area (Å²) in [5.41, 5.74) is 0.662. The van der Waals surface area contributed by atoms with Gasteiger partial charge in [0.05, 0.1) is 17.6 Å². The molecule has 0 aromatic carbocycles. The first kappa shape index (κ1) is 6.03. The molecule has 1 fully saturated rings. The average Bonchev–Trinajstić information content (AvgIpc) is 2.42. The molecule has 56 valence electrons. The topological polar surface area (TPSA) is 47.6 Å². The number of rotatable bonds is 0. The summed E-state index contributed by atoms with van der Waals surface area (Å²) in [7, 11) is 0. The fourth-order valence-electron chi connectivity index (χ4n) is 2.73. The van der Waals surface area contributed by atoms with E-state index in [9.17, 15) is 0 Å². The van der Waals surface area contributed by atoms with Gasteiger partial charge in [-0.25, -0.2) is 0 Å². The van der Waals surface area contributed by atoms with Gasteiger partial charge in [0.2, 0.25) is 0 Å². The third-order valence-electron chi connectivity index (χ3n) is 3.39. The highest BCUT2D eigenvalue weighted by Crippen LogP contribution is 2.72. The highest BCUT2D eigenvalue weighted by molar-refractivity contribution is 5.53. The lowest BCUT2D eigenvalue weighted by molar-refractivity contribution is 0.647. The van der Waals surface area contributed by atoms with Crippen molar-refractivity contribution in [3.05, 3.63) is 23.8 Å². The zero-order chi connectivity index (χ0) is 8.34. The molecule has 0 spiro atoms. The molecule has 0 radical (unpaired) electrons. The lowest BCUT2D eigenvalue weighted by atomic mass is 9.97. The Kier molecular flexibility index (Phi) is 0.739. The van der Waals surface area contributed by atoms with Crippen molar-refractivity contribution in [2.75, 3.05) is 0 Å². The Hall–Kier alpha value is -1.54. The molecule has 4 atom stereocenters. The minimum atomic E-state index is -0.203. The first-order valence-corrected chi connectivity index (χ1v) is 4.06. The molecule has 1 saturated carbocycles. The third kappa shape index (κ3) is 0.374. The zero-order valence-corrected chi connectivity index (χ0v) is 6.36. The number of fused-ring (bicyclic) bond motifs is 1. The molecule has 0 heterocycles. The van der Waals surface area contributed by atoms with Crippen molar-refractivity contribution in [3.63, 3.8) is 0 Å². The average molecular weight is 154 g/mol. The number of hydrogen-bond acceptors (Lipinski definition) is 2. The molecule has 0 saturated heterocycles. The van der Waals surface area contributed by atoms with Crippen molar-refractivity contribution in [3.8, 4) is 12.1 Å². The van der Waals surface area contributed by atoms with Gasteiger partial charge in [-0.3, -0.25) is 0 Å². The number of allylic oxidation sites excluding steroid dienone is 4. The molecule has 0 aliphatic heterocycles. The Bertz CT molecular complexity index is 405. The van der Waals surface area contributed by atoms with Crippen LogP contribution in [0.2, 0.25) is 0 Å². The summed E-state index contributed by atoms with van der Waals surface area (Å²) >= 11 is 0. The molecule has 3 aliphatic carbocycles. The third-order valence-corrected chi connectivity index (χ3v) is 3.39. The summed E-state index contributed by atoms with van der Waals surface area (Å²) in [6, 6.07) is 4.54. The molecule has 3 rings (SSSR count). The van der Waals surface area contributed by atoms with Crippen LogP contribution in [0.1, 0.15) is 0 Å². The highest BCUT2D eigenvalue weighted by atomic mass is 14.7. The Labute approximate surface area is 70.4 Å². The van der Waals surface area contributed by atoms with Crippen LogP contribution in [0.15, 0.2) is 23.8 Å². The Morgan fingerprint density at radius 1 is 1.42 bits per heavy atom. The van der Waals surface area contributed by atoms with Crippen LogP contribution >= 0.6 is 0 Å². The lowest BCUT2D eigenvalue weighted by Crippen LogP contribution is -2.01. The molecule has 2 nitrogen and oxygen atoms in total. The van der Waals surface area contributed by atoms with Crippen molar-refractivity contribution in [2.45, 2.75) is 0 Å². The van der Waals surface area contributed by atoms with Crippen LogP contribution in [-0.4, -0.2) is 0 Å². The quantitative estimate of drug-likeness (QED) is 0.495. The van der Waals surface area contributed by atoms with E-state index >= 15 is 0 Å². The van der Waals surface area contributed by atoms with Crippen LogP contribution in [0.5, 0.6) is 0 Å². The maximum absolute atomic E-state index is 8.93. The Morgan fingerprint density at radius 2 is 2.25 bits per heavy atom. The van der Waals surface area contributed by atoms with Gasteiger partial charge in [0.1, 0.15) is 0 Å². The van der Waals surface area contributed by atoms with E-state index in [1.165, 1.54) is 0 Å². The largest absolute Gasteiger partial charge is 0.197 e. The van der Waals surface area contributed by atoms with Gasteiger partial charge in [-0.15, -0.1) is 0 Å². The summed E-state index contributed by atoms with van der Waals surface area (Å²) in [5, 5.41) is 17.7. The summed E-state index contributed by atoms with van der Waals surface area (Å²) in [5.74, 6) is 1.03. The van der Waals surface area contributed by atoms with E-state index in [0.29, 0.717) is 11.8 Å². The molecule has 2 heteroatoms. The van der Waals surface area contributed by atoms with E-state index in [4.69, 9.17) is 10.5 Å². The predicted octanol–water partition coefficient (Wildman–Crippen LogP) is 1.39. The van der Waals surface area contributed by atoms with Crippen LogP contribution in [0.3, 0.4) is 0 Å². The van der Waals surface area contributed by atoms with Crippen LogP contribution < -0.4 is 0 Å². The second-order valence-electron chi connectivity index (χ2n) is 3.72. The Balaban J connectivity index is 2.12. The standard InChI is InChI=1S/C10H6N2/c11-4-6-3-8-9-7(6)1-2-10(8,9)5-12/h1-3,7-9H/t7-,8+,9-,10+/m0/s1. The monoisotopic (exact) mass is 154 g/mol. The molecule has 3 aliphatic rings. The van der Waals surface area contributed by atoms with E-state index < -0.39 is 0 Å². The molecule has 0 N–H and O–H groups in total. The fraction of sp³-hybridized carbons (Fsp3) is 0.400. The summed E-state index contributed by atoms with van der Waals surface area (Å²) in [6.07, 6.45) is 6.00. The summed E-state index contributed by atoms with van der Waals surface area (Å²) < 4.78 is 0. The molecular weight excluding hydrogens is 148 g/mol. The molecule has 0 unspecified atom stereocenters. The molecule has 0 amide bonds. The van der Waals surface area contributed by atoms with Crippen molar-refractivity contribution >= 4 is 0 Å². The number of nitrogens with zero attached hydrogens (tertiary/aromatic N) is 2. The molecule has 12 heavy (non-hydrogen) atoms. The van der Waals surface area contributed by atoms with Crippen LogP contribution in [0, 0.1) is 45.8 Å². The Morgan fingerprint density at radius 3 is 2.83 bits per heavy atom. The van der Waals surface area contributed by atoms with Gasteiger partial charge < -0.3 is 0 Å². The van der Waals surface area contributed by atoms with Gasteiger partial charge in [-0.2, -0.15) is 10.5 Å². The van der Waals surface area contributed by atoms with Crippen molar-refractivity contribution < 1.29 is 0 Å². The molecular formula is C10H6N2. The van der Waals surface area contributed by atoms with E-state index in [2.05, 4.69) is 12.1 Å². The predicted molar refractivity (Wildman–Crippen MR) is 41.4 cm³/mol.